The largest absolute Gasteiger partial charge is 0.497 e. The Hall–Kier alpha value is -2.64. The first-order valence-corrected chi connectivity index (χ1v) is 9.56. The van der Waals surface area contributed by atoms with Crippen molar-refractivity contribution in [3.63, 3.8) is 0 Å². The highest BCUT2D eigenvalue weighted by molar-refractivity contribution is 5.94. The molecule has 0 unspecified atom stereocenters. The molecular weight excluding hydrogens is 358 g/mol. The lowest BCUT2D eigenvalue weighted by Crippen LogP contribution is -2.45. The molecule has 0 bridgehead atoms. The SMILES string of the molecule is COc1ccc(CNC(=O)c2cncc(N3CCC4(CC3)OCCO4)c2)cc1. The monoisotopic (exact) mass is 383 g/mol. The van der Waals surface area contributed by atoms with Gasteiger partial charge in [-0.2, -0.15) is 0 Å². The number of rotatable bonds is 5. The number of ether oxygens (including phenoxy) is 3. The Morgan fingerprint density at radius 1 is 1.18 bits per heavy atom. The zero-order valence-corrected chi connectivity index (χ0v) is 16.0. The van der Waals surface area contributed by atoms with E-state index >= 15 is 0 Å². The highest BCUT2D eigenvalue weighted by atomic mass is 16.7. The summed E-state index contributed by atoms with van der Waals surface area (Å²) in [5.41, 5.74) is 2.51. The van der Waals surface area contributed by atoms with Gasteiger partial charge in [0.2, 0.25) is 0 Å². The van der Waals surface area contributed by atoms with Gasteiger partial charge in [-0.25, -0.2) is 0 Å². The molecular formula is C21H25N3O4. The Kier molecular flexibility index (Phi) is 5.45. The molecule has 7 nitrogen and oxygen atoms in total. The molecule has 1 aromatic heterocycles. The Bertz CT molecular complexity index is 809. The number of carbonyl (C=O) groups is 1. The fourth-order valence-corrected chi connectivity index (χ4v) is 3.64. The summed E-state index contributed by atoms with van der Waals surface area (Å²) in [5, 5.41) is 2.94. The van der Waals surface area contributed by atoms with Gasteiger partial charge >= 0.3 is 0 Å². The van der Waals surface area contributed by atoms with E-state index in [2.05, 4.69) is 15.2 Å². The fraction of sp³-hybridized carbons (Fsp3) is 0.429. The Labute approximate surface area is 164 Å². The van der Waals surface area contributed by atoms with Crippen molar-refractivity contribution < 1.29 is 19.0 Å². The molecule has 0 atom stereocenters. The molecule has 0 saturated carbocycles. The van der Waals surface area contributed by atoms with E-state index in [1.54, 1.807) is 19.5 Å². The van der Waals surface area contributed by atoms with E-state index in [0.717, 1.165) is 42.9 Å². The van der Waals surface area contributed by atoms with Crippen molar-refractivity contribution in [3.05, 3.63) is 53.9 Å². The van der Waals surface area contributed by atoms with E-state index in [1.165, 1.54) is 0 Å². The number of anilines is 1. The van der Waals surface area contributed by atoms with Crippen LogP contribution in [0.25, 0.3) is 0 Å². The van der Waals surface area contributed by atoms with E-state index in [1.807, 2.05) is 30.3 Å². The number of nitrogens with one attached hydrogen (secondary N) is 1. The molecule has 2 fully saturated rings. The lowest BCUT2D eigenvalue weighted by Gasteiger charge is -2.38. The molecule has 1 N–H and O–H groups in total. The van der Waals surface area contributed by atoms with E-state index < -0.39 is 5.79 Å². The molecule has 2 aliphatic rings. The average molecular weight is 383 g/mol. The number of hydrogen-bond acceptors (Lipinski definition) is 6. The van der Waals surface area contributed by atoms with E-state index in [-0.39, 0.29) is 5.91 Å². The summed E-state index contributed by atoms with van der Waals surface area (Å²) in [6.07, 6.45) is 5.04. The zero-order chi connectivity index (χ0) is 19.4. The summed E-state index contributed by atoms with van der Waals surface area (Å²) in [6.45, 7) is 3.43. The van der Waals surface area contributed by atoms with Crippen molar-refractivity contribution in [1.29, 1.82) is 0 Å². The van der Waals surface area contributed by atoms with Gasteiger partial charge in [-0.05, 0) is 23.8 Å². The number of methoxy groups -OCH3 is 1. The molecule has 2 aromatic rings. The van der Waals surface area contributed by atoms with Crippen molar-refractivity contribution >= 4 is 11.6 Å². The van der Waals surface area contributed by atoms with Crippen LogP contribution in [0.5, 0.6) is 5.75 Å². The minimum Gasteiger partial charge on any atom is -0.497 e. The maximum atomic E-state index is 12.5. The number of amides is 1. The van der Waals surface area contributed by atoms with Gasteiger partial charge in [-0.1, -0.05) is 12.1 Å². The average Bonchev–Trinajstić information content (AvgIpc) is 3.21. The summed E-state index contributed by atoms with van der Waals surface area (Å²) in [7, 11) is 1.63. The standard InChI is InChI=1S/C21H25N3O4/c1-26-19-4-2-16(3-5-19)13-23-20(25)17-12-18(15-22-14-17)24-8-6-21(7-9-24)27-10-11-28-21/h2-5,12,14-15H,6-11,13H2,1H3,(H,23,25). The van der Waals surface area contributed by atoms with E-state index in [0.29, 0.717) is 25.3 Å². The predicted molar refractivity (Wildman–Crippen MR) is 104 cm³/mol. The number of nitrogens with zero attached hydrogens (tertiary/aromatic N) is 2. The normalized spacial score (nSPS) is 18.2. The maximum absolute atomic E-state index is 12.5. The van der Waals surface area contributed by atoms with E-state index in [4.69, 9.17) is 14.2 Å². The second-order valence-electron chi connectivity index (χ2n) is 7.06. The number of hydrogen-bond donors (Lipinski definition) is 1. The molecule has 7 heteroatoms. The van der Waals surface area contributed by atoms with Gasteiger partial charge in [-0.15, -0.1) is 0 Å². The third-order valence-electron chi connectivity index (χ3n) is 5.30. The first-order valence-electron chi connectivity index (χ1n) is 9.56. The highest BCUT2D eigenvalue weighted by Crippen LogP contribution is 2.33. The summed E-state index contributed by atoms with van der Waals surface area (Å²) < 4.78 is 16.7. The Balaban J connectivity index is 1.35. The quantitative estimate of drug-likeness (QED) is 0.855. The zero-order valence-electron chi connectivity index (χ0n) is 16.0. The molecule has 3 heterocycles. The van der Waals surface area contributed by atoms with Crippen LogP contribution in [0.1, 0.15) is 28.8 Å². The lowest BCUT2D eigenvalue weighted by molar-refractivity contribution is -0.169. The summed E-state index contributed by atoms with van der Waals surface area (Å²) >= 11 is 0. The van der Waals surface area contributed by atoms with Crippen LogP contribution in [0.2, 0.25) is 0 Å². The third-order valence-corrected chi connectivity index (χ3v) is 5.30. The van der Waals surface area contributed by atoms with Crippen LogP contribution >= 0.6 is 0 Å². The van der Waals surface area contributed by atoms with Crippen molar-refractivity contribution in [2.45, 2.75) is 25.2 Å². The number of benzene rings is 1. The number of piperidine rings is 1. The van der Waals surface area contributed by atoms with Crippen LogP contribution in [-0.4, -0.2) is 50.1 Å². The molecule has 1 amide bonds. The first-order chi connectivity index (χ1) is 13.7. The second-order valence-corrected chi connectivity index (χ2v) is 7.06. The van der Waals surface area contributed by atoms with Crippen LogP contribution in [-0.2, 0) is 16.0 Å². The molecule has 1 spiro atoms. The topological polar surface area (TPSA) is 72.9 Å². The fourth-order valence-electron chi connectivity index (χ4n) is 3.64. The van der Waals surface area contributed by atoms with Gasteiger partial charge < -0.3 is 24.4 Å². The van der Waals surface area contributed by atoms with Crippen LogP contribution in [0.3, 0.4) is 0 Å². The molecule has 0 aliphatic carbocycles. The van der Waals surface area contributed by atoms with E-state index in [9.17, 15) is 4.79 Å². The van der Waals surface area contributed by atoms with Crippen molar-refractivity contribution in [3.8, 4) is 5.75 Å². The van der Waals surface area contributed by atoms with Gasteiger partial charge in [-0.3, -0.25) is 9.78 Å². The minimum absolute atomic E-state index is 0.138. The second kappa shape index (κ2) is 8.16. The van der Waals surface area contributed by atoms with Crippen LogP contribution in [0, 0.1) is 0 Å². The molecule has 2 aliphatic heterocycles. The van der Waals surface area contributed by atoms with Crippen molar-refractivity contribution in [2.75, 3.05) is 38.3 Å². The molecule has 28 heavy (non-hydrogen) atoms. The molecule has 148 valence electrons. The minimum atomic E-state index is -0.405. The van der Waals surface area contributed by atoms with Gasteiger partial charge in [0.05, 0.1) is 37.8 Å². The predicted octanol–water partition coefficient (Wildman–Crippen LogP) is 2.36. The molecule has 1 aromatic carbocycles. The summed E-state index contributed by atoms with van der Waals surface area (Å²) in [6, 6.07) is 9.52. The van der Waals surface area contributed by atoms with Crippen molar-refractivity contribution in [2.24, 2.45) is 0 Å². The number of aromatic nitrogens is 1. The summed E-state index contributed by atoms with van der Waals surface area (Å²) in [5.74, 6) is 0.252. The van der Waals surface area contributed by atoms with Crippen LogP contribution in [0.4, 0.5) is 5.69 Å². The smallest absolute Gasteiger partial charge is 0.253 e. The number of pyridine rings is 1. The van der Waals surface area contributed by atoms with Gasteiger partial charge in [0.15, 0.2) is 5.79 Å². The van der Waals surface area contributed by atoms with Gasteiger partial charge in [0.1, 0.15) is 5.75 Å². The summed E-state index contributed by atoms with van der Waals surface area (Å²) in [4.78, 5) is 19.0. The Morgan fingerprint density at radius 3 is 2.57 bits per heavy atom. The van der Waals surface area contributed by atoms with Crippen LogP contribution < -0.4 is 15.0 Å². The molecule has 2 saturated heterocycles. The third kappa shape index (κ3) is 4.10. The van der Waals surface area contributed by atoms with Gasteiger partial charge in [0, 0.05) is 38.7 Å². The molecule has 4 rings (SSSR count). The van der Waals surface area contributed by atoms with Gasteiger partial charge in [0.25, 0.3) is 5.91 Å². The Morgan fingerprint density at radius 2 is 1.89 bits per heavy atom. The number of carbonyl (C=O) groups excluding carboxylic acids is 1. The molecule has 0 radical (unpaired) electrons. The first kappa shape index (κ1) is 18.7. The maximum Gasteiger partial charge on any atom is 0.253 e. The highest BCUT2D eigenvalue weighted by Gasteiger charge is 2.39. The van der Waals surface area contributed by atoms with Crippen molar-refractivity contribution in [1.82, 2.24) is 10.3 Å². The lowest BCUT2D eigenvalue weighted by atomic mass is 10.0. The van der Waals surface area contributed by atoms with Crippen LogP contribution in [0.15, 0.2) is 42.7 Å².